The van der Waals surface area contributed by atoms with E-state index in [0.29, 0.717) is 11.3 Å². The fourth-order valence-corrected chi connectivity index (χ4v) is 3.02. The van der Waals surface area contributed by atoms with Crippen molar-refractivity contribution in [1.29, 1.82) is 0 Å². The summed E-state index contributed by atoms with van der Waals surface area (Å²) >= 11 is 1.44. The van der Waals surface area contributed by atoms with Crippen LogP contribution in [0.3, 0.4) is 0 Å². The molecule has 0 spiro atoms. The zero-order chi connectivity index (χ0) is 16.4. The lowest BCUT2D eigenvalue weighted by molar-refractivity contribution is 0.100. The molecule has 4 N–H and O–H groups in total. The van der Waals surface area contributed by atoms with Crippen LogP contribution >= 0.6 is 11.3 Å². The Morgan fingerprint density at radius 3 is 2.74 bits per heavy atom. The summed E-state index contributed by atoms with van der Waals surface area (Å²) in [5.41, 5.74) is 7.95. The molecule has 0 aliphatic rings. The van der Waals surface area contributed by atoms with Crippen LogP contribution in [0.25, 0.3) is 20.8 Å². The summed E-state index contributed by atoms with van der Waals surface area (Å²) in [6, 6.07) is 8.70. The average Bonchev–Trinajstić information content (AvgIpc) is 2.96. The van der Waals surface area contributed by atoms with Crippen LogP contribution in [-0.2, 0) is 6.54 Å². The van der Waals surface area contributed by atoms with Crippen molar-refractivity contribution in [3.8, 4) is 10.6 Å². The van der Waals surface area contributed by atoms with Gasteiger partial charge in [0, 0.05) is 17.3 Å². The summed E-state index contributed by atoms with van der Waals surface area (Å²) in [6.45, 7) is 0.150. The Labute approximate surface area is 134 Å². The van der Waals surface area contributed by atoms with Crippen LogP contribution in [0.5, 0.6) is 0 Å². The highest BCUT2D eigenvalue weighted by Crippen LogP contribution is 2.30. The molecule has 0 saturated carbocycles. The van der Waals surface area contributed by atoms with Gasteiger partial charge in [0.05, 0.1) is 22.5 Å². The Kier molecular flexibility index (Phi) is 3.90. The number of rotatable bonds is 4. The number of hydrogen-bond donors (Lipinski definition) is 3. The number of carbonyl (C=O) groups is 2. The molecule has 2 aromatic heterocycles. The second-order valence-corrected chi connectivity index (χ2v) is 5.79. The summed E-state index contributed by atoms with van der Waals surface area (Å²) in [6.07, 6.45) is 0.554. The zero-order valence-corrected chi connectivity index (χ0v) is 12.6. The number of nitrogens with two attached hydrogens (primary N) is 1. The number of nitrogens with one attached hydrogen (secondary N) is 1. The fraction of sp³-hybridized carbons (Fsp3) is 0.0667. The third-order valence-corrected chi connectivity index (χ3v) is 4.23. The van der Waals surface area contributed by atoms with Gasteiger partial charge in [-0.25, -0.2) is 9.78 Å². The van der Waals surface area contributed by atoms with Crippen LogP contribution in [0, 0.1) is 0 Å². The van der Waals surface area contributed by atoms with E-state index in [9.17, 15) is 9.59 Å². The lowest BCUT2D eigenvalue weighted by atomic mass is 10.2. The minimum atomic E-state index is -1.09. The highest BCUT2D eigenvalue weighted by atomic mass is 32.1. The number of amides is 2. The van der Waals surface area contributed by atoms with E-state index in [0.717, 1.165) is 20.8 Å². The quantitative estimate of drug-likeness (QED) is 0.678. The first-order chi connectivity index (χ1) is 11.0. The lowest BCUT2D eigenvalue weighted by Gasteiger charge is -2.01. The Bertz CT molecular complexity index is 889. The molecule has 0 aliphatic heterocycles. The van der Waals surface area contributed by atoms with E-state index in [1.165, 1.54) is 11.3 Å². The van der Waals surface area contributed by atoms with Gasteiger partial charge in [0.25, 0.3) is 0 Å². The van der Waals surface area contributed by atoms with Crippen molar-refractivity contribution in [1.82, 2.24) is 15.3 Å². The molecule has 0 atom stereocenters. The Hall–Kier alpha value is -3.00. The van der Waals surface area contributed by atoms with Crippen LogP contribution in [0.4, 0.5) is 4.79 Å². The second-order valence-electron chi connectivity index (χ2n) is 4.76. The standard InChI is InChI=1S/C15H12N4O3S/c16-13(20)8-2-4-11-12(5-8)23-14(19-11)9-1-3-10(17-6-9)7-18-15(21)22/h1-6,18H,7H2,(H2,16,20)(H,21,22). The van der Waals surface area contributed by atoms with Gasteiger partial charge in [-0.15, -0.1) is 11.3 Å². The first-order valence-corrected chi connectivity index (χ1v) is 7.47. The molecular weight excluding hydrogens is 316 g/mol. The van der Waals surface area contributed by atoms with E-state index in [-0.39, 0.29) is 6.54 Å². The highest BCUT2D eigenvalue weighted by Gasteiger charge is 2.09. The molecule has 0 bridgehead atoms. The summed E-state index contributed by atoms with van der Waals surface area (Å²) in [4.78, 5) is 30.4. The molecule has 3 rings (SSSR count). The number of nitrogens with zero attached hydrogens (tertiary/aromatic N) is 2. The van der Waals surface area contributed by atoms with E-state index in [1.807, 2.05) is 6.07 Å². The van der Waals surface area contributed by atoms with Crippen LogP contribution < -0.4 is 11.1 Å². The molecule has 2 amide bonds. The van der Waals surface area contributed by atoms with E-state index >= 15 is 0 Å². The maximum Gasteiger partial charge on any atom is 0.404 e. The highest BCUT2D eigenvalue weighted by molar-refractivity contribution is 7.21. The Morgan fingerprint density at radius 2 is 2.09 bits per heavy atom. The number of thiazole rings is 1. The molecule has 0 radical (unpaired) electrons. The van der Waals surface area contributed by atoms with Gasteiger partial charge in [0.15, 0.2) is 0 Å². The summed E-state index contributed by atoms with van der Waals surface area (Å²) in [7, 11) is 0. The third-order valence-electron chi connectivity index (χ3n) is 3.17. The van der Waals surface area contributed by atoms with Crippen molar-refractivity contribution in [3.05, 3.63) is 47.8 Å². The second kappa shape index (κ2) is 6.01. The van der Waals surface area contributed by atoms with Gasteiger partial charge in [0.2, 0.25) is 5.91 Å². The van der Waals surface area contributed by atoms with Gasteiger partial charge in [0.1, 0.15) is 5.01 Å². The predicted octanol–water partition coefficient (Wildman–Crippen LogP) is 2.22. The average molecular weight is 328 g/mol. The maximum absolute atomic E-state index is 11.2. The number of fused-ring (bicyclic) bond motifs is 1. The van der Waals surface area contributed by atoms with E-state index < -0.39 is 12.0 Å². The first-order valence-electron chi connectivity index (χ1n) is 6.65. The molecule has 0 fully saturated rings. The Balaban J connectivity index is 1.87. The molecule has 116 valence electrons. The summed E-state index contributed by atoms with van der Waals surface area (Å²) < 4.78 is 0.868. The summed E-state index contributed by atoms with van der Waals surface area (Å²) in [5.74, 6) is -0.473. The van der Waals surface area contributed by atoms with Gasteiger partial charge < -0.3 is 16.2 Å². The lowest BCUT2D eigenvalue weighted by Crippen LogP contribution is -2.20. The SMILES string of the molecule is NC(=O)c1ccc2nc(-c3ccc(CNC(=O)O)nc3)sc2c1. The number of hydrogen-bond acceptors (Lipinski definition) is 5. The van der Waals surface area contributed by atoms with Crippen molar-refractivity contribution in [2.45, 2.75) is 6.54 Å². The van der Waals surface area contributed by atoms with E-state index in [1.54, 1.807) is 30.5 Å². The first kappa shape index (κ1) is 14.9. The third kappa shape index (κ3) is 3.27. The van der Waals surface area contributed by atoms with Crippen LogP contribution in [0.1, 0.15) is 16.1 Å². The van der Waals surface area contributed by atoms with Crippen molar-refractivity contribution in [3.63, 3.8) is 0 Å². The number of carbonyl (C=O) groups excluding carboxylic acids is 1. The van der Waals surface area contributed by atoms with Gasteiger partial charge in [-0.05, 0) is 30.3 Å². The number of carboxylic acid groups (broad SMARTS) is 1. The van der Waals surface area contributed by atoms with Gasteiger partial charge in [-0.3, -0.25) is 9.78 Å². The molecule has 7 nitrogen and oxygen atoms in total. The minimum absolute atomic E-state index is 0.150. The number of aromatic nitrogens is 2. The molecule has 2 heterocycles. The molecule has 3 aromatic rings. The Morgan fingerprint density at radius 1 is 1.26 bits per heavy atom. The van der Waals surface area contributed by atoms with Crippen molar-refractivity contribution >= 4 is 33.6 Å². The van der Waals surface area contributed by atoms with Crippen LogP contribution in [0.15, 0.2) is 36.5 Å². The molecule has 23 heavy (non-hydrogen) atoms. The topological polar surface area (TPSA) is 118 Å². The molecule has 1 aromatic carbocycles. The zero-order valence-electron chi connectivity index (χ0n) is 11.8. The molecule has 0 saturated heterocycles. The largest absolute Gasteiger partial charge is 0.465 e. The van der Waals surface area contributed by atoms with Crippen molar-refractivity contribution < 1.29 is 14.7 Å². The van der Waals surface area contributed by atoms with Crippen molar-refractivity contribution in [2.24, 2.45) is 5.73 Å². The van der Waals surface area contributed by atoms with Crippen LogP contribution in [-0.4, -0.2) is 27.1 Å². The molecule has 0 aliphatic carbocycles. The molecular formula is C15H12N4O3S. The van der Waals surface area contributed by atoms with E-state index in [2.05, 4.69) is 15.3 Å². The summed E-state index contributed by atoms with van der Waals surface area (Å²) in [5, 5.41) is 11.6. The van der Waals surface area contributed by atoms with E-state index in [4.69, 9.17) is 10.8 Å². The predicted molar refractivity (Wildman–Crippen MR) is 86.2 cm³/mol. The number of benzene rings is 1. The van der Waals surface area contributed by atoms with Gasteiger partial charge in [-0.1, -0.05) is 0 Å². The molecule has 8 heteroatoms. The molecule has 0 unspecified atom stereocenters. The minimum Gasteiger partial charge on any atom is -0.465 e. The van der Waals surface area contributed by atoms with Crippen LogP contribution in [0.2, 0.25) is 0 Å². The van der Waals surface area contributed by atoms with Gasteiger partial charge >= 0.3 is 6.09 Å². The van der Waals surface area contributed by atoms with Crippen molar-refractivity contribution in [2.75, 3.05) is 0 Å². The fourth-order valence-electron chi connectivity index (χ4n) is 2.02. The maximum atomic E-state index is 11.2. The monoisotopic (exact) mass is 328 g/mol. The van der Waals surface area contributed by atoms with Gasteiger partial charge in [-0.2, -0.15) is 0 Å². The number of primary amides is 1. The normalized spacial score (nSPS) is 10.6. The smallest absolute Gasteiger partial charge is 0.404 e. The number of pyridine rings is 1.